The van der Waals surface area contributed by atoms with Crippen molar-refractivity contribution < 1.29 is 27.0 Å². The van der Waals surface area contributed by atoms with E-state index in [1.807, 2.05) is 6.92 Å². The number of nitrogens with one attached hydrogen (secondary N) is 1. The van der Waals surface area contributed by atoms with Gasteiger partial charge in [-0.05, 0) is 37.3 Å². The van der Waals surface area contributed by atoms with E-state index in [-0.39, 0.29) is 26.9 Å². The van der Waals surface area contributed by atoms with E-state index in [0.717, 1.165) is 9.87 Å². The largest absolute Gasteiger partial charge is 0.394 e. The molecule has 0 bridgehead atoms. The second-order valence-electron chi connectivity index (χ2n) is 6.48. The van der Waals surface area contributed by atoms with Crippen LogP contribution in [0.1, 0.15) is 5.56 Å². The molecule has 0 amide bonds. The van der Waals surface area contributed by atoms with Gasteiger partial charge in [-0.25, -0.2) is 21.1 Å². The third kappa shape index (κ3) is 4.70. The SMILES string of the molecule is Cc1ccc(S(=O)(=O)c2ccc(S(=O)(=O)N(C)C)cc2NCC(O)CO)cc1. The Labute approximate surface area is 165 Å². The van der Waals surface area contributed by atoms with Gasteiger partial charge in [0.15, 0.2) is 0 Å². The molecule has 0 aromatic heterocycles. The van der Waals surface area contributed by atoms with Gasteiger partial charge < -0.3 is 15.5 Å². The molecular formula is C18H24N2O6S2. The van der Waals surface area contributed by atoms with Gasteiger partial charge in [-0.15, -0.1) is 0 Å². The van der Waals surface area contributed by atoms with Crippen molar-refractivity contribution in [2.45, 2.75) is 27.7 Å². The van der Waals surface area contributed by atoms with Crippen LogP contribution in [0.4, 0.5) is 5.69 Å². The van der Waals surface area contributed by atoms with Crippen molar-refractivity contribution in [2.75, 3.05) is 32.6 Å². The van der Waals surface area contributed by atoms with Crippen molar-refractivity contribution in [1.29, 1.82) is 0 Å². The third-order valence-corrected chi connectivity index (χ3v) is 7.73. The highest BCUT2D eigenvalue weighted by molar-refractivity contribution is 7.91. The lowest BCUT2D eigenvalue weighted by molar-refractivity contribution is 0.105. The monoisotopic (exact) mass is 428 g/mol. The molecule has 2 aromatic carbocycles. The fraction of sp³-hybridized carbons (Fsp3) is 0.333. The van der Waals surface area contributed by atoms with Crippen molar-refractivity contribution in [1.82, 2.24) is 4.31 Å². The molecule has 0 aliphatic carbocycles. The molecule has 0 heterocycles. The summed E-state index contributed by atoms with van der Waals surface area (Å²) in [6, 6.07) is 9.94. The molecule has 3 N–H and O–H groups in total. The van der Waals surface area contributed by atoms with Gasteiger partial charge >= 0.3 is 0 Å². The smallest absolute Gasteiger partial charge is 0.242 e. The molecule has 2 aromatic rings. The molecule has 0 fully saturated rings. The van der Waals surface area contributed by atoms with E-state index in [2.05, 4.69) is 5.32 Å². The Kier molecular flexibility index (Phi) is 6.84. The minimum atomic E-state index is -3.94. The van der Waals surface area contributed by atoms with Crippen LogP contribution in [0.5, 0.6) is 0 Å². The third-order valence-electron chi connectivity index (χ3n) is 4.09. The Morgan fingerprint density at radius 2 is 1.57 bits per heavy atom. The van der Waals surface area contributed by atoms with Crippen LogP contribution in [0.3, 0.4) is 0 Å². The van der Waals surface area contributed by atoms with Gasteiger partial charge in [-0.3, -0.25) is 0 Å². The molecule has 28 heavy (non-hydrogen) atoms. The van der Waals surface area contributed by atoms with E-state index in [1.54, 1.807) is 12.1 Å². The van der Waals surface area contributed by atoms with Crippen LogP contribution >= 0.6 is 0 Å². The summed E-state index contributed by atoms with van der Waals surface area (Å²) in [4.78, 5) is -0.160. The predicted molar refractivity (Wildman–Crippen MR) is 106 cm³/mol. The van der Waals surface area contributed by atoms with Gasteiger partial charge in [0.25, 0.3) is 0 Å². The summed E-state index contributed by atoms with van der Waals surface area (Å²) >= 11 is 0. The van der Waals surface area contributed by atoms with E-state index >= 15 is 0 Å². The lowest BCUT2D eigenvalue weighted by Crippen LogP contribution is -2.25. The molecule has 154 valence electrons. The van der Waals surface area contributed by atoms with Gasteiger partial charge in [-0.2, -0.15) is 0 Å². The number of hydrogen-bond donors (Lipinski definition) is 3. The second-order valence-corrected chi connectivity index (χ2v) is 10.5. The Morgan fingerprint density at radius 3 is 2.11 bits per heavy atom. The quantitative estimate of drug-likeness (QED) is 0.569. The molecule has 10 heteroatoms. The first kappa shape index (κ1) is 22.3. The first-order chi connectivity index (χ1) is 13.0. The maximum absolute atomic E-state index is 13.1. The summed E-state index contributed by atoms with van der Waals surface area (Å²) in [5.41, 5.74) is 0.923. The number of rotatable bonds is 8. The number of nitrogens with zero attached hydrogens (tertiary/aromatic N) is 1. The van der Waals surface area contributed by atoms with Crippen LogP contribution in [-0.4, -0.2) is 64.7 Å². The molecule has 2 rings (SSSR count). The number of hydrogen-bond acceptors (Lipinski definition) is 7. The fourth-order valence-electron chi connectivity index (χ4n) is 2.39. The normalized spacial score (nSPS) is 13.5. The van der Waals surface area contributed by atoms with Crippen LogP contribution in [0, 0.1) is 6.92 Å². The van der Waals surface area contributed by atoms with Crippen molar-refractivity contribution in [3.05, 3.63) is 48.0 Å². The van der Waals surface area contributed by atoms with Crippen molar-refractivity contribution in [2.24, 2.45) is 0 Å². The zero-order valence-electron chi connectivity index (χ0n) is 15.8. The first-order valence-electron chi connectivity index (χ1n) is 8.41. The van der Waals surface area contributed by atoms with Crippen LogP contribution in [-0.2, 0) is 19.9 Å². The molecule has 8 nitrogen and oxygen atoms in total. The summed E-state index contributed by atoms with van der Waals surface area (Å²) in [6.45, 7) is 1.15. The van der Waals surface area contributed by atoms with Gasteiger partial charge in [0.05, 0.1) is 33.1 Å². The highest BCUT2D eigenvalue weighted by Crippen LogP contribution is 2.31. The van der Waals surface area contributed by atoms with Crippen LogP contribution < -0.4 is 5.32 Å². The van der Waals surface area contributed by atoms with Gasteiger partial charge in [0, 0.05) is 20.6 Å². The van der Waals surface area contributed by atoms with Gasteiger partial charge in [-0.1, -0.05) is 17.7 Å². The molecule has 1 unspecified atom stereocenters. The van der Waals surface area contributed by atoms with E-state index < -0.39 is 32.6 Å². The van der Waals surface area contributed by atoms with E-state index in [4.69, 9.17) is 5.11 Å². The van der Waals surface area contributed by atoms with Crippen molar-refractivity contribution in [3.63, 3.8) is 0 Å². The Hall–Kier alpha value is -1.98. The first-order valence-corrected chi connectivity index (χ1v) is 11.3. The lowest BCUT2D eigenvalue weighted by atomic mass is 10.2. The zero-order chi connectivity index (χ0) is 21.1. The average Bonchev–Trinajstić information content (AvgIpc) is 2.65. The fourth-order valence-corrected chi connectivity index (χ4v) is 4.73. The molecule has 0 aliphatic rings. The van der Waals surface area contributed by atoms with Crippen molar-refractivity contribution in [3.8, 4) is 0 Å². The van der Waals surface area contributed by atoms with Crippen LogP contribution in [0.15, 0.2) is 57.2 Å². The van der Waals surface area contributed by atoms with Crippen LogP contribution in [0.25, 0.3) is 0 Å². The van der Waals surface area contributed by atoms with E-state index in [9.17, 15) is 21.9 Å². The molecule has 0 radical (unpaired) electrons. The average molecular weight is 429 g/mol. The van der Waals surface area contributed by atoms with Crippen molar-refractivity contribution >= 4 is 25.5 Å². The maximum atomic E-state index is 13.1. The Balaban J connectivity index is 2.60. The highest BCUT2D eigenvalue weighted by Gasteiger charge is 2.25. The number of aliphatic hydroxyl groups is 2. The van der Waals surface area contributed by atoms with Gasteiger partial charge in [0.1, 0.15) is 0 Å². The molecule has 0 saturated carbocycles. The predicted octanol–water partition coefficient (Wildman–Crippen LogP) is 0.843. The lowest BCUT2D eigenvalue weighted by Gasteiger charge is -2.18. The summed E-state index contributed by atoms with van der Waals surface area (Å²) in [5, 5.41) is 21.3. The second kappa shape index (κ2) is 8.58. The minimum absolute atomic E-state index is 0.0241. The van der Waals surface area contributed by atoms with E-state index in [1.165, 1.54) is 44.4 Å². The summed E-state index contributed by atoms with van der Waals surface area (Å²) in [6.07, 6.45) is -1.14. The number of aliphatic hydroxyl groups excluding tert-OH is 2. The standard InChI is InChI=1S/C18H24N2O6S2/c1-13-4-6-15(7-5-13)27(23,24)18-9-8-16(28(25,26)20(2)3)10-17(18)19-11-14(22)12-21/h4-10,14,19,21-22H,11-12H2,1-3H3. The van der Waals surface area contributed by atoms with Gasteiger partial charge in [0.2, 0.25) is 19.9 Å². The molecule has 0 saturated heterocycles. The number of benzene rings is 2. The molecule has 0 spiro atoms. The van der Waals surface area contributed by atoms with E-state index in [0.29, 0.717) is 0 Å². The number of anilines is 1. The Morgan fingerprint density at radius 1 is 1.00 bits per heavy atom. The molecule has 0 aliphatic heterocycles. The summed E-state index contributed by atoms with van der Waals surface area (Å²) in [7, 11) is -4.99. The zero-order valence-corrected chi connectivity index (χ0v) is 17.5. The number of aryl methyl sites for hydroxylation is 1. The highest BCUT2D eigenvalue weighted by atomic mass is 32.2. The number of sulfone groups is 1. The summed E-state index contributed by atoms with van der Waals surface area (Å²) in [5.74, 6) is 0. The topological polar surface area (TPSA) is 124 Å². The minimum Gasteiger partial charge on any atom is -0.394 e. The molecular weight excluding hydrogens is 404 g/mol. The number of sulfonamides is 1. The summed E-state index contributed by atoms with van der Waals surface area (Å²) < 4.78 is 52.0. The molecule has 1 atom stereocenters. The Bertz CT molecular complexity index is 1030. The maximum Gasteiger partial charge on any atom is 0.242 e. The van der Waals surface area contributed by atoms with Crippen LogP contribution in [0.2, 0.25) is 0 Å².